The van der Waals surface area contributed by atoms with Crippen LogP contribution in [0.3, 0.4) is 0 Å². The van der Waals surface area contributed by atoms with Crippen LogP contribution in [-0.4, -0.2) is 24.5 Å². The number of sulfone groups is 1. The van der Waals surface area contributed by atoms with E-state index in [1.165, 1.54) is 12.1 Å². The van der Waals surface area contributed by atoms with Crippen molar-refractivity contribution in [2.24, 2.45) is 0 Å². The zero-order valence-corrected chi connectivity index (χ0v) is 13.7. The van der Waals surface area contributed by atoms with E-state index in [4.69, 9.17) is 11.0 Å². The predicted molar refractivity (Wildman–Crippen MR) is 91.2 cm³/mol. The monoisotopic (exact) mass is 338 g/mol. The van der Waals surface area contributed by atoms with Crippen molar-refractivity contribution < 1.29 is 8.42 Å². The lowest BCUT2D eigenvalue weighted by Crippen LogP contribution is -2.00. The van der Waals surface area contributed by atoms with Gasteiger partial charge in [0.2, 0.25) is 0 Å². The van der Waals surface area contributed by atoms with Crippen molar-refractivity contribution in [3.05, 3.63) is 60.3 Å². The molecule has 0 amide bonds. The maximum atomic E-state index is 11.6. The quantitative estimate of drug-likeness (QED) is 0.739. The van der Waals surface area contributed by atoms with E-state index in [2.05, 4.69) is 5.10 Å². The third kappa shape index (κ3) is 3.00. The highest BCUT2D eigenvalue weighted by Crippen LogP contribution is 2.25. The fourth-order valence-corrected chi connectivity index (χ4v) is 2.96. The van der Waals surface area contributed by atoms with Gasteiger partial charge in [0.25, 0.3) is 0 Å². The van der Waals surface area contributed by atoms with Crippen molar-refractivity contribution in [3.63, 3.8) is 0 Å². The largest absolute Gasteiger partial charge is 0.399 e. The van der Waals surface area contributed by atoms with Gasteiger partial charge in [-0.15, -0.1) is 0 Å². The molecule has 0 unspecified atom stereocenters. The van der Waals surface area contributed by atoms with Gasteiger partial charge in [0.05, 0.1) is 16.3 Å². The number of hydrogen-bond acceptors (Lipinski definition) is 5. The van der Waals surface area contributed by atoms with Crippen LogP contribution < -0.4 is 5.73 Å². The molecule has 0 saturated heterocycles. The number of rotatable bonds is 3. The summed E-state index contributed by atoms with van der Waals surface area (Å²) in [5.41, 5.74) is 8.81. The minimum Gasteiger partial charge on any atom is -0.399 e. The Kier molecular flexibility index (Phi) is 3.83. The van der Waals surface area contributed by atoms with Crippen molar-refractivity contribution in [2.45, 2.75) is 4.90 Å². The lowest BCUT2D eigenvalue weighted by Gasteiger charge is -2.08. The molecule has 0 saturated carbocycles. The van der Waals surface area contributed by atoms with Crippen LogP contribution in [0.25, 0.3) is 16.9 Å². The summed E-state index contributed by atoms with van der Waals surface area (Å²) in [5.74, 6) is 0. The fourth-order valence-electron chi connectivity index (χ4n) is 2.33. The van der Waals surface area contributed by atoms with Crippen LogP contribution in [-0.2, 0) is 9.84 Å². The molecule has 2 N–H and O–H groups in total. The highest BCUT2D eigenvalue weighted by molar-refractivity contribution is 7.90. The molecule has 0 aliphatic rings. The number of hydrogen-bond donors (Lipinski definition) is 1. The number of nitriles is 1. The van der Waals surface area contributed by atoms with Crippen LogP contribution in [0.4, 0.5) is 5.69 Å². The zero-order chi connectivity index (χ0) is 17.3. The summed E-state index contributed by atoms with van der Waals surface area (Å²) in [6.45, 7) is 0. The molecule has 6 nitrogen and oxygen atoms in total. The van der Waals surface area contributed by atoms with Gasteiger partial charge in [-0.3, -0.25) is 0 Å². The van der Waals surface area contributed by atoms with Gasteiger partial charge < -0.3 is 5.73 Å². The Morgan fingerprint density at radius 3 is 2.25 bits per heavy atom. The van der Waals surface area contributed by atoms with Crippen molar-refractivity contribution in [3.8, 4) is 23.0 Å². The molecule has 3 rings (SSSR count). The number of aromatic nitrogens is 2. The van der Waals surface area contributed by atoms with E-state index in [0.717, 1.165) is 17.5 Å². The molecule has 1 aromatic heterocycles. The van der Waals surface area contributed by atoms with Crippen LogP contribution in [0.5, 0.6) is 0 Å². The van der Waals surface area contributed by atoms with E-state index in [1.807, 2.05) is 6.07 Å². The van der Waals surface area contributed by atoms with Gasteiger partial charge in [-0.05, 0) is 36.4 Å². The Labute approximate surface area is 139 Å². The average molecular weight is 338 g/mol. The van der Waals surface area contributed by atoms with Crippen molar-refractivity contribution in [1.29, 1.82) is 5.26 Å². The first-order valence-electron chi connectivity index (χ1n) is 7.05. The first kappa shape index (κ1) is 15.8. The minimum absolute atomic E-state index is 0.241. The number of nitrogens with two attached hydrogens (primary N) is 1. The summed E-state index contributed by atoms with van der Waals surface area (Å²) in [7, 11) is -3.26. The second-order valence-corrected chi connectivity index (χ2v) is 7.34. The van der Waals surface area contributed by atoms with Crippen molar-refractivity contribution >= 4 is 15.5 Å². The van der Waals surface area contributed by atoms with Gasteiger partial charge in [-0.2, -0.15) is 10.4 Å². The SMILES string of the molecule is CS(=O)(=O)c1ccc(-c2cc(C#N)nn2-c2ccc(N)cc2)cc1. The first-order chi connectivity index (χ1) is 11.4. The van der Waals surface area contributed by atoms with Crippen LogP contribution in [0.2, 0.25) is 0 Å². The molecule has 0 spiro atoms. The summed E-state index contributed by atoms with van der Waals surface area (Å²) < 4.78 is 24.8. The molecule has 120 valence electrons. The van der Waals surface area contributed by atoms with Crippen LogP contribution >= 0.6 is 0 Å². The molecular weight excluding hydrogens is 324 g/mol. The second-order valence-electron chi connectivity index (χ2n) is 5.33. The number of nitrogen functional groups attached to an aromatic ring is 1. The van der Waals surface area contributed by atoms with E-state index < -0.39 is 9.84 Å². The lowest BCUT2D eigenvalue weighted by molar-refractivity contribution is 0.602. The van der Waals surface area contributed by atoms with Gasteiger partial charge in [-0.25, -0.2) is 13.1 Å². The highest BCUT2D eigenvalue weighted by atomic mass is 32.2. The molecule has 7 heteroatoms. The lowest BCUT2D eigenvalue weighted by atomic mass is 10.1. The molecular formula is C17H14N4O2S. The second kappa shape index (κ2) is 5.83. The summed E-state index contributed by atoms with van der Waals surface area (Å²) in [5, 5.41) is 13.4. The van der Waals surface area contributed by atoms with E-state index in [9.17, 15) is 8.42 Å². The van der Waals surface area contributed by atoms with E-state index in [-0.39, 0.29) is 10.6 Å². The number of nitrogens with zero attached hydrogens (tertiary/aromatic N) is 3. The zero-order valence-electron chi connectivity index (χ0n) is 12.8. The molecule has 0 aliphatic heterocycles. The molecule has 1 heterocycles. The summed E-state index contributed by atoms with van der Waals surface area (Å²) in [4.78, 5) is 0.241. The van der Waals surface area contributed by atoms with Gasteiger partial charge in [0, 0.05) is 23.6 Å². The maximum absolute atomic E-state index is 11.6. The van der Waals surface area contributed by atoms with Crippen molar-refractivity contribution in [1.82, 2.24) is 9.78 Å². The Bertz CT molecular complexity index is 1030. The van der Waals surface area contributed by atoms with Crippen molar-refractivity contribution in [2.75, 3.05) is 12.0 Å². The molecule has 0 bridgehead atoms. The minimum atomic E-state index is -3.26. The van der Waals surface area contributed by atoms with Gasteiger partial charge in [0.1, 0.15) is 6.07 Å². The molecule has 24 heavy (non-hydrogen) atoms. The van der Waals surface area contributed by atoms with Crippen LogP contribution in [0, 0.1) is 11.3 Å². The smallest absolute Gasteiger partial charge is 0.175 e. The van der Waals surface area contributed by atoms with Gasteiger partial charge in [0.15, 0.2) is 15.5 Å². The standard InChI is InChI=1S/C17H14N4O2S/c1-24(22,23)16-8-2-12(3-9-16)17-10-14(11-18)20-21(17)15-6-4-13(19)5-7-15/h2-10H,19H2,1H3. The molecule has 3 aromatic rings. The molecule has 0 radical (unpaired) electrons. The number of anilines is 1. The summed E-state index contributed by atoms with van der Waals surface area (Å²) in [6.07, 6.45) is 1.16. The Morgan fingerprint density at radius 2 is 1.71 bits per heavy atom. The van der Waals surface area contributed by atoms with Gasteiger partial charge >= 0.3 is 0 Å². The normalized spacial score (nSPS) is 11.2. The Hall–Kier alpha value is -3.11. The Morgan fingerprint density at radius 1 is 1.08 bits per heavy atom. The first-order valence-corrected chi connectivity index (χ1v) is 8.94. The molecule has 0 atom stereocenters. The Balaban J connectivity index is 2.12. The van der Waals surface area contributed by atoms with Crippen LogP contribution in [0.1, 0.15) is 5.69 Å². The predicted octanol–water partition coefficient (Wildman–Crippen LogP) is 2.40. The molecule has 2 aromatic carbocycles. The van der Waals surface area contributed by atoms with E-state index in [0.29, 0.717) is 11.4 Å². The third-order valence-corrected chi connectivity index (χ3v) is 4.67. The number of benzene rings is 2. The maximum Gasteiger partial charge on any atom is 0.175 e. The summed E-state index contributed by atoms with van der Waals surface area (Å²) >= 11 is 0. The average Bonchev–Trinajstić information content (AvgIpc) is 2.99. The van der Waals surface area contributed by atoms with Gasteiger partial charge in [-0.1, -0.05) is 12.1 Å². The summed E-state index contributed by atoms with van der Waals surface area (Å²) in [6, 6.07) is 17.3. The van der Waals surface area contributed by atoms with E-state index in [1.54, 1.807) is 47.1 Å². The fraction of sp³-hybridized carbons (Fsp3) is 0.0588. The highest BCUT2D eigenvalue weighted by Gasteiger charge is 2.13. The van der Waals surface area contributed by atoms with Crippen LogP contribution in [0.15, 0.2) is 59.5 Å². The molecule has 0 fully saturated rings. The third-order valence-electron chi connectivity index (χ3n) is 3.54. The topological polar surface area (TPSA) is 102 Å². The van der Waals surface area contributed by atoms with E-state index >= 15 is 0 Å². The molecule has 0 aliphatic carbocycles.